The van der Waals surface area contributed by atoms with Gasteiger partial charge in [-0.25, -0.2) is 19.9 Å². The van der Waals surface area contributed by atoms with Gasteiger partial charge in [0.25, 0.3) is 0 Å². The van der Waals surface area contributed by atoms with E-state index in [1.165, 1.54) is 6.42 Å². The highest BCUT2D eigenvalue weighted by atomic mass is 15.2. The molecule has 0 radical (unpaired) electrons. The van der Waals surface area contributed by atoms with E-state index < -0.39 is 0 Å². The molecular formula is C20H26N8. The Kier molecular flexibility index (Phi) is 4.95. The van der Waals surface area contributed by atoms with E-state index in [4.69, 9.17) is 4.98 Å². The molecule has 0 spiro atoms. The average Bonchev–Trinajstić information content (AvgIpc) is 3.21. The molecule has 1 aliphatic rings. The smallest absolute Gasteiger partial charge is 0.227 e. The molecule has 1 fully saturated rings. The maximum Gasteiger partial charge on any atom is 0.227 e. The Bertz CT molecular complexity index is 979. The second kappa shape index (κ2) is 7.55. The van der Waals surface area contributed by atoms with Crippen molar-refractivity contribution < 1.29 is 0 Å². The molecular weight excluding hydrogens is 352 g/mol. The number of fused-ring (bicyclic) bond motifs is 1. The van der Waals surface area contributed by atoms with Crippen LogP contribution in [0.5, 0.6) is 0 Å². The van der Waals surface area contributed by atoms with Crippen molar-refractivity contribution in [2.45, 2.75) is 18.9 Å². The average molecular weight is 378 g/mol. The third-order valence-electron chi connectivity index (χ3n) is 4.95. The van der Waals surface area contributed by atoms with Crippen LogP contribution in [0.1, 0.15) is 24.4 Å². The number of hydrogen-bond acceptors (Lipinski definition) is 8. The number of nitrogens with one attached hydrogen (secondary N) is 2. The Balaban J connectivity index is 1.76. The molecule has 28 heavy (non-hydrogen) atoms. The zero-order valence-corrected chi connectivity index (χ0v) is 16.8. The summed E-state index contributed by atoms with van der Waals surface area (Å²) >= 11 is 0. The van der Waals surface area contributed by atoms with E-state index in [0.717, 1.165) is 46.8 Å². The Labute approximate surface area is 165 Å². The van der Waals surface area contributed by atoms with E-state index >= 15 is 0 Å². The molecule has 3 aromatic rings. The predicted molar refractivity (Wildman–Crippen MR) is 113 cm³/mol. The number of hydrogen-bond donors (Lipinski definition) is 2. The predicted octanol–water partition coefficient (Wildman–Crippen LogP) is 2.72. The number of pyridine rings is 2. The second-order valence-corrected chi connectivity index (χ2v) is 7.46. The highest BCUT2D eigenvalue weighted by Gasteiger charge is 2.22. The van der Waals surface area contributed by atoms with E-state index in [1.54, 1.807) is 6.20 Å². The van der Waals surface area contributed by atoms with Crippen LogP contribution in [0.3, 0.4) is 0 Å². The maximum atomic E-state index is 4.87. The fraction of sp³-hybridized carbons (Fsp3) is 0.400. The molecule has 146 valence electrons. The standard InChI is InChI=1S/C20H26N8/c1-27(2)17-10-13(7-9-22-17)25-20-24-12-15-18(26-20)14(16-6-5-8-21-16)11-23-19(15)28(3)4/h7,9-12,16,21H,5-6,8H2,1-4H3,(H,22,24,25,26). The van der Waals surface area contributed by atoms with Crippen molar-refractivity contribution in [2.24, 2.45) is 0 Å². The van der Waals surface area contributed by atoms with Crippen LogP contribution in [0.4, 0.5) is 23.3 Å². The first kappa shape index (κ1) is 18.4. The van der Waals surface area contributed by atoms with Gasteiger partial charge in [0, 0.05) is 70.1 Å². The molecule has 0 aliphatic carbocycles. The summed E-state index contributed by atoms with van der Waals surface area (Å²) in [5, 5.41) is 7.83. The largest absolute Gasteiger partial charge is 0.363 e. The Morgan fingerprint density at radius 2 is 1.93 bits per heavy atom. The second-order valence-electron chi connectivity index (χ2n) is 7.46. The molecule has 2 N–H and O–H groups in total. The van der Waals surface area contributed by atoms with Crippen molar-refractivity contribution in [1.29, 1.82) is 0 Å². The van der Waals surface area contributed by atoms with Crippen LogP contribution in [0.25, 0.3) is 10.9 Å². The van der Waals surface area contributed by atoms with Gasteiger partial charge in [-0.1, -0.05) is 0 Å². The van der Waals surface area contributed by atoms with Crippen LogP contribution in [0, 0.1) is 0 Å². The van der Waals surface area contributed by atoms with Crippen molar-refractivity contribution in [3.05, 3.63) is 36.3 Å². The zero-order chi connectivity index (χ0) is 19.7. The molecule has 4 rings (SSSR count). The highest BCUT2D eigenvalue weighted by Crippen LogP contribution is 2.32. The maximum absolute atomic E-state index is 4.87. The summed E-state index contributed by atoms with van der Waals surface area (Å²) in [6.45, 7) is 1.03. The molecule has 0 saturated carbocycles. The van der Waals surface area contributed by atoms with Gasteiger partial charge in [0.15, 0.2) is 0 Å². The Morgan fingerprint density at radius 3 is 2.64 bits per heavy atom. The zero-order valence-electron chi connectivity index (χ0n) is 16.8. The number of nitrogens with zero attached hydrogens (tertiary/aromatic N) is 6. The van der Waals surface area contributed by atoms with E-state index in [-0.39, 0.29) is 6.04 Å². The number of aromatic nitrogens is 4. The minimum Gasteiger partial charge on any atom is -0.363 e. The van der Waals surface area contributed by atoms with Crippen molar-refractivity contribution >= 4 is 34.2 Å². The third-order valence-corrected chi connectivity index (χ3v) is 4.95. The molecule has 1 aliphatic heterocycles. The first-order chi connectivity index (χ1) is 13.5. The number of anilines is 4. The van der Waals surface area contributed by atoms with Gasteiger partial charge in [-0.2, -0.15) is 0 Å². The van der Waals surface area contributed by atoms with E-state index in [1.807, 2.05) is 62.5 Å². The Hall–Kier alpha value is -3.00. The lowest BCUT2D eigenvalue weighted by Gasteiger charge is -2.19. The first-order valence-corrected chi connectivity index (χ1v) is 9.49. The van der Waals surface area contributed by atoms with Crippen molar-refractivity contribution in [3.8, 4) is 0 Å². The molecule has 1 atom stereocenters. The lowest BCUT2D eigenvalue weighted by atomic mass is 10.0. The monoisotopic (exact) mass is 378 g/mol. The summed E-state index contributed by atoms with van der Waals surface area (Å²) in [6.07, 6.45) is 7.86. The molecule has 0 amide bonds. The van der Waals surface area contributed by atoms with Crippen LogP contribution >= 0.6 is 0 Å². The normalized spacial score (nSPS) is 16.4. The summed E-state index contributed by atoms with van der Waals surface area (Å²) in [5.41, 5.74) is 2.98. The van der Waals surface area contributed by atoms with Gasteiger partial charge < -0.3 is 20.4 Å². The van der Waals surface area contributed by atoms with Crippen LogP contribution in [-0.2, 0) is 0 Å². The Morgan fingerprint density at radius 1 is 1.07 bits per heavy atom. The quantitative estimate of drug-likeness (QED) is 0.701. The summed E-state index contributed by atoms with van der Waals surface area (Å²) in [7, 11) is 7.91. The van der Waals surface area contributed by atoms with Crippen molar-refractivity contribution in [2.75, 3.05) is 49.9 Å². The van der Waals surface area contributed by atoms with E-state index in [2.05, 4.69) is 25.6 Å². The van der Waals surface area contributed by atoms with Crippen LogP contribution in [0.15, 0.2) is 30.7 Å². The minimum absolute atomic E-state index is 0.287. The van der Waals surface area contributed by atoms with Gasteiger partial charge in [0.05, 0.1) is 10.9 Å². The minimum atomic E-state index is 0.287. The SMILES string of the molecule is CN(C)c1cc(Nc2ncc3c(N(C)C)ncc(C4CCCN4)c3n2)ccn1. The molecule has 1 unspecified atom stereocenters. The van der Waals surface area contributed by atoms with Crippen LogP contribution in [-0.4, -0.2) is 54.7 Å². The molecule has 0 bridgehead atoms. The summed E-state index contributed by atoms with van der Waals surface area (Å²) in [6, 6.07) is 4.18. The topological polar surface area (TPSA) is 82.1 Å². The molecule has 8 heteroatoms. The van der Waals surface area contributed by atoms with Gasteiger partial charge in [-0.3, -0.25) is 0 Å². The van der Waals surface area contributed by atoms with E-state index in [0.29, 0.717) is 5.95 Å². The summed E-state index contributed by atoms with van der Waals surface area (Å²) < 4.78 is 0. The molecule has 1 saturated heterocycles. The molecule has 8 nitrogen and oxygen atoms in total. The van der Waals surface area contributed by atoms with Gasteiger partial charge >= 0.3 is 0 Å². The van der Waals surface area contributed by atoms with Crippen LogP contribution in [0.2, 0.25) is 0 Å². The fourth-order valence-electron chi connectivity index (χ4n) is 3.52. The van der Waals surface area contributed by atoms with Crippen molar-refractivity contribution in [1.82, 2.24) is 25.3 Å². The number of rotatable bonds is 5. The molecule has 3 aromatic heterocycles. The summed E-state index contributed by atoms with van der Waals surface area (Å²) in [5.74, 6) is 2.32. The summed E-state index contributed by atoms with van der Waals surface area (Å²) in [4.78, 5) is 22.4. The molecule has 4 heterocycles. The lowest BCUT2D eigenvalue weighted by molar-refractivity contribution is 0.649. The van der Waals surface area contributed by atoms with Crippen LogP contribution < -0.4 is 20.4 Å². The van der Waals surface area contributed by atoms with Gasteiger partial charge in [-0.05, 0) is 25.5 Å². The first-order valence-electron chi connectivity index (χ1n) is 9.49. The van der Waals surface area contributed by atoms with Crippen molar-refractivity contribution in [3.63, 3.8) is 0 Å². The molecule has 0 aromatic carbocycles. The fourth-order valence-corrected chi connectivity index (χ4v) is 3.52. The van der Waals surface area contributed by atoms with Gasteiger partial charge in [-0.15, -0.1) is 0 Å². The third kappa shape index (κ3) is 3.55. The van der Waals surface area contributed by atoms with Gasteiger partial charge in [0.2, 0.25) is 5.95 Å². The van der Waals surface area contributed by atoms with Gasteiger partial charge in [0.1, 0.15) is 11.6 Å². The lowest BCUT2D eigenvalue weighted by Crippen LogP contribution is -2.17. The highest BCUT2D eigenvalue weighted by molar-refractivity contribution is 5.92. The van der Waals surface area contributed by atoms with E-state index in [9.17, 15) is 0 Å².